The Labute approximate surface area is 190 Å². The van der Waals surface area contributed by atoms with E-state index in [4.69, 9.17) is 13.6 Å². The summed E-state index contributed by atoms with van der Waals surface area (Å²) in [6, 6.07) is 14.5. The zero-order valence-electron chi connectivity index (χ0n) is 18.4. The van der Waals surface area contributed by atoms with Gasteiger partial charge in [0.1, 0.15) is 27.7 Å². The molecule has 0 unspecified atom stereocenters. The first kappa shape index (κ1) is 22.3. The summed E-state index contributed by atoms with van der Waals surface area (Å²) in [4.78, 5) is 25.0. The van der Waals surface area contributed by atoms with Crippen LogP contribution in [0.15, 0.2) is 73.1 Å². The van der Waals surface area contributed by atoms with Crippen molar-refractivity contribution in [1.82, 2.24) is 0 Å². The number of ether oxygens (including phenoxy) is 1. The number of hydrogen-bond acceptors (Lipinski definition) is 7. The molecular formula is C24H21NO7S. The molecular weight excluding hydrogens is 446 g/mol. The van der Waals surface area contributed by atoms with Crippen LogP contribution in [0.25, 0.3) is 22.1 Å². The summed E-state index contributed by atoms with van der Waals surface area (Å²) in [6.07, 6.45) is 0. The second kappa shape index (κ2) is 8.25. The normalized spacial score (nSPS) is 11.5. The second-order valence-corrected chi connectivity index (χ2v) is 9.19. The predicted octanol–water partition coefficient (Wildman–Crippen LogP) is 4.42. The van der Waals surface area contributed by atoms with Crippen LogP contribution in [0.5, 0.6) is 5.75 Å². The van der Waals surface area contributed by atoms with Gasteiger partial charge in [0.2, 0.25) is 5.91 Å². The Morgan fingerprint density at radius 1 is 0.970 bits per heavy atom. The Morgan fingerprint density at radius 2 is 1.70 bits per heavy atom. The molecule has 0 aliphatic carbocycles. The number of anilines is 1. The van der Waals surface area contributed by atoms with Gasteiger partial charge in [-0.15, -0.1) is 0 Å². The molecule has 0 atom stereocenters. The van der Waals surface area contributed by atoms with Gasteiger partial charge in [0.25, 0.3) is 10.0 Å². The zero-order valence-corrected chi connectivity index (χ0v) is 19.2. The average molecular weight is 467 g/mol. The van der Waals surface area contributed by atoms with Gasteiger partial charge < -0.3 is 13.6 Å². The van der Waals surface area contributed by atoms with Crippen LogP contribution in [0.4, 0.5) is 5.69 Å². The third-order valence-electron chi connectivity index (χ3n) is 5.15. The van der Waals surface area contributed by atoms with E-state index in [0.29, 0.717) is 21.2 Å². The molecule has 0 fully saturated rings. The Morgan fingerprint density at radius 3 is 2.33 bits per heavy atom. The van der Waals surface area contributed by atoms with Gasteiger partial charge in [0, 0.05) is 30.0 Å². The lowest BCUT2D eigenvalue weighted by Gasteiger charge is -2.22. The monoisotopic (exact) mass is 467 g/mol. The molecule has 4 aromatic rings. The molecule has 2 aromatic heterocycles. The zero-order chi connectivity index (χ0) is 23.9. The largest absolute Gasteiger partial charge is 0.496 e. The second-order valence-electron chi connectivity index (χ2n) is 7.44. The van der Waals surface area contributed by atoms with Crippen LogP contribution in [0.3, 0.4) is 0 Å². The van der Waals surface area contributed by atoms with Crippen LogP contribution < -0.4 is 14.7 Å². The van der Waals surface area contributed by atoms with Crippen LogP contribution in [-0.2, 0) is 14.8 Å². The molecule has 8 nitrogen and oxygen atoms in total. The maximum Gasteiger partial charge on any atom is 0.344 e. The highest BCUT2D eigenvalue weighted by Crippen LogP contribution is 2.36. The molecule has 170 valence electrons. The number of para-hydroxylation sites is 1. The summed E-state index contributed by atoms with van der Waals surface area (Å²) in [6.45, 7) is 4.29. The van der Waals surface area contributed by atoms with Crippen LogP contribution in [-0.4, -0.2) is 21.4 Å². The topological polar surface area (TPSA) is 107 Å². The molecule has 1 amide bonds. The van der Waals surface area contributed by atoms with E-state index in [1.165, 1.54) is 38.3 Å². The lowest BCUT2D eigenvalue weighted by Crippen LogP contribution is -2.35. The molecule has 2 aromatic carbocycles. The predicted molar refractivity (Wildman–Crippen MR) is 123 cm³/mol. The van der Waals surface area contributed by atoms with Crippen molar-refractivity contribution in [2.75, 3.05) is 11.4 Å². The number of benzene rings is 2. The van der Waals surface area contributed by atoms with Crippen molar-refractivity contribution in [2.45, 2.75) is 25.7 Å². The summed E-state index contributed by atoms with van der Waals surface area (Å²) >= 11 is 0. The van der Waals surface area contributed by atoms with Crippen LogP contribution in [0.2, 0.25) is 0 Å². The van der Waals surface area contributed by atoms with E-state index in [1.54, 1.807) is 25.1 Å². The molecule has 0 saturated carbocycles. The van der Waals surface area contributed by atoms with Crippen molar-refractivity contribution in [2.24, 2.45) is 0 Å². The van der Waals surface area contributed by atoms with Gasteiger partial charge in [-0.3, -0.25) is 4.79 Å². The van der Waals surface area contributed by atoms with Crippen molar-refractivity contribution < 1.29 is 26.8 Å². The van der Waals surface area contributed by atoms with Gasteiger partial charge in [-0.1, -0.05) is 18.2 Å². The van der Waals surface area contributed by atoms with Gasteiger partial charge in [0.05, 0.1) is 18.4 Å². The van der Waals surface area contributed by atoms with Gasteiger partial charge >= 0.3 is 5.63 Å². The molecule has 0 N–H and O–H groups in total. The molecule has 0 spiro atoms. The third kappa shape index (κ3) is 3.91. The number of sulfonamides is 1. The van der Waals surface area contributed by atoms with Crippen molar-refractivity contribution in [3.8, 4) is 16.9 Å². The SMILES string of the molecule is COc1cc(N(C(C)=O)S(=O)(=O)c2cc(C)oc2C)ccc1-c1cc2ccccc2oc1=O. The Balaban J connectivity index is 1.86. The number of methoxy groups -OCH3 is 1. The number of amides is 1. The first-order chi connectivity index (χ1) is 15.6. The average Bonchev–Trinajstić information content (AvgIpc) is 3.11. The fraction of sp³-hybridized carbons (Fsp3) is 0.167. The van der Waals surface area contributed by atoms with Gasteiger partial charge in [0.15, 0.2) is 0 Å². The van der Waals surface area contributed by atoms with Crippen molar-refractivity contribution in [3.63, 3.8) is 0 Å². The maximum absolute atomic E-state index is 13.3. The summed E-state index contributed by atoms with van der Waals surface area (Å²) in [7, 11) is -2.86. The minimum absolute atomic E-state index is 0.0616. The number of furan rings is 1. The molecule has 9 heteroatoms. The standard InChI is InChI=1S/C24H21NO7S/c1-14-11-23(15(2)31-14)33(28,29)25(16(3)26)18-9-10-19(22(13-18)30-4)20-12-17-7-5-6-8-21(17)32-24(20)27/h5-13H,1-4H3. The quantitative estimate of drug-likeness (QED) is 0.400. The van der Waals surface area contributed by atoms with Gasteiger partial charge in [-0.2, -0.15) is 0 Å². The van der Waals surface area contributed by atoms with E-state index in [0.717, 1.165) is 12.3 Å². The minimum Gasteiger partial charge on any atom is -0.496 e. The molecule has 0 aliphatic rings. The number of hydrogen-bond donors (Lipinski definition) is 0. The molecule has 33 heavy (non-hydrogen) atoms. The lowest BCUT2D eigenvalue weighted by molar-refractivity contribution is -0.115. The van der Waals surface area contributed by atoms with E-state index in [1.807, 2.05) is 12.1 Å². The number of carbonyl (C=O) groups is 1. The van der Waals surface area contributed by atoms with Crippen molar-refractivity contribution >= 4 is 32.6 Å². The fourth-order valence-corrected chi connectivity index (χ4v) is 5.38. The summed E-state index contributed by atoms with van der Waals surface area (Å²) in [5.74, 6) is 0.0755. The first-order valence-corrected chi connectivity index (χ1v) is 11.4. The van der Waals surface area contributed by atoms with E-state index in [-0.39, 0.29) is 27.7 Å². The van der Waals surface area contributed by atoms with E-state index in [9.17, 15) is 18.0 Å². The first-order valence-electron chi connectivity index (χ1n) is 9.97. The van der Waals surface area contributed by atoms with Crippen LogP contribution >= 0.6 is 0 Å². The van der Waals surface area contributed by atoms with Crippen LogP contribution in [0, 0.1) is 13.8 Å². The Bertz CT molecular complexity index is 1550. The molecule has 0 saturated heterocycles. The number of carbonyl (C=O) groups excluding carboxylic acids is 1. The fourth-order valence-electron chi connectivity index (χ4n) is 3.73. The maximum atomic E-state index is 13.3. The summed E-state index contributed by atoms with van der Waals surface area (Å²) < 4.78 is 43.5. The smallest absolute Gasteiger partial charge is 0.344 e. The van der Waals surface area contributed by atoms with Crippen molar-refractivity contribution in [1.29, 1.82) is 0 Å². The number of nitrogens with zero attached hydrogens (tertiary/aromatic N) is 1. The summed E-state index contributed by atoms with van der Waals surface area (Å²) in [5.41, 5.74) is 0.584. The highest BCUT2D eigenvalue weighted by atomic mass is 32.2. The van der Waals surface area contributed by atoms with Crippen molar-refractivity contribution in [3.05, 3.63) is 76.5 Å². The van der Waals surface area contributed by atoms with E-state index < -0.39 is 21.6 Å². The molecule has 4 rings (SSSR count). The Kier molecular flexibility index (Phi) is 5.59. The highest BCUT2D eigenvalue weighted by molar-refractivity contribution is 7.93. The minimum atomic E-state index is -4.25. The number of aryl methyl sites for hydroxylation is 2. The molecule has 0 bridgehead atoms. The third-order valence-corrected chi connectivity index (χ3v) is 7.06. The lowest BCUT2D eigenvalue weighted by atomic mass is 10.0. The van der Waals surface area contributed by atoms with Crippen LogP contribution in [0.1, 0.15) is 18.4 Å². The number of fused-ring (bicyclic) bond motifs is 1. The Hall–Kier alpha value is -3.85. The van der Waals surface area contributed by atoms with E-state index >= 15 is 0 Å². The molecule has 2 heterocycles. The molecule has 0 radical (unpaired) electrons. The highest BCUT2D eigenvalue weighted by Gasteiger charge is 2.32. The van der Waals surface area contributed by atoms with Gasteiger partial charge in [-0.05, 0) is 38.1 Å². The van der Waals surface area contributed by atoms with Gasteiger partial charge in [-0.25, -0.2) is 17.5 Å². The number of rotatable bonds is 5. The van der Waals surface area contributed by atoms with E-state index in [2.05, 4.69) is 0 Å². The summed E-state index contributed by atoms with van der Waals surface area (Å²) in [5, 5.41) is 0.719. The molecule has 0 aliphatic heterocycles.